The number of carbonyl (C=O) groups is 1. The second-order valence-corrected chi connectivity index (χ2v) is 12.1. The molecular weight excluding hydrogens is 527 g/mol. The summed E-state index contributed by atoms with van der Waals surface area (Å²) in [5.74, 6) is -1.20. The van der Waals surface area contributed by atoms with Gasteiger partial charge in [-0.25, -0.2) is 26.2 Å². The van der Waals surface area contributed by atoms with E-state index in [4.69, 9.17) is 0 Å². The summed E-state index contributed by atoms with van der Waals surface area (Å²) in [6.07, 6.45) is 1.47. The first-order chi connectivity index (χ1) is 17.1. The molecule has 1 amide bonds. The predicted molar refractivity (Wildman–Crippen MR) is 134 cm³/mol. The highest BCUT2D eigenvalue weighted by Crippen LogP contribution is 2.43. The van der Waals surface area contributed by atoms with Gasteiger partial charge in [-0.1, -0.05) is 18.2 Å². The summed E-state index contributed by atoms with van der Waals surface area (Å²) in [7, 11) is -7.95. The minimum absolute atomic E-state index is 0.0295. The van der Waals surface area contributed by atoms with Gasteiger partial charge in [-0.15, -0.1) is 11.3 Å². The maximum Gasteiger partial charge on any atom is 0.265 e. The molecule has 0 bridgehead atoms. The molecule has 1 aromatic heterocycles. The van der Waals surface area contributed by atoms with Gasteiger partial charge in [0.25, 0.3) is 20.0 Å². The van der Waals surface area contributed by atoms with Crippen molar-refractivity contribution in [2.45, 2.75) is 9.79 Å². The fraction of sp³-hybridized carbons (Fsp3) is 0.0435. The second kappa shape index (κ2) is 9.00. The third-order valence-electron chi connectivity index (χ3n) is 5.36. The topological polar surface area (TPSA) is 126 Å². The highest BCUT2D eigenvalue weighted by atomic mass is 32.2. The van der Waals surface area contributed by atoms with Gasteiger partial charge in [0.15, 0.2) is 5.13 Å². The average Bonchev–Trinajstić information content (AvgIpc) is 3.35. The number of aromatic nitrogens is 1. The third kappa shape index (κ3) is 4.43. The van der Waals surface area contributed by atoms with Crippen LogP contribution in [0.25, 0.3) is 11.1 Å². The Morgan fingerprint density at radius 3 is 2.50 bits per heavy atom. The highest BCUT2D eigenvalue weighted by Gasteiger charge is 2.36. The Kier molecular flexibility index (Phi) is 5.98. The van der Waals surface area contributed by atoms with Crippen molar-refractivity contribution in [3.8, 4) is 11.1 Å². The lowest BCUT2D eigenvalue weighted by molar-refractivity contribution is -0.114. The number of rotatable bonds is 6. The predicted octanol–water partition coefficient (Wildman–Crippen LogP) is 3.90. The maximum absolute atomic E-state index is 14.0. The van der Waals surface area contributed by atoms with Crippen LogP contribution in [-0.4, -0.2) is 34.3 Å². The smallest absolute Gasteiger partial charge is 0.265 e. The van der Waals surface area contributed by atoms with Crippen LogP contribution in [0.4, 0.5) is 20.9 Å². The van der Waals surface area contributed by atoms with E-state index in [9.17, 15) is 26.0 Å². The molecule has 0 saturated carbocycles. The van der Waals surface area contributed by atoms with Crippen LogP contribution in [0.2, 0.25) is 0 Å². The zero-order valence-corrected chi connectivity index (χ0v) is 20.7. The van der Waals surface area contributed by atoms with E-state index in [-0.39, 0.29) is 26.3 Å². The van der Waals surface area contributed by atoms with Crippen LogP contribution in [0.1, 0.15) is 0 Å². The van der Waals surface area contributed by atoms with Gasteiger partial charge in [0, 0.05) is 28.4 Å². The third-order valence-corrected chi connectivity index (χ3v) is 9.35. The number of thiazole rings is 1. The molecule has 0 saturated heterocycles. The van der Waals surface area contributed by atoms with Crippen molar-refractivity contribution in [2.24, 2.45) is 0 Å². The van der Waals surface area contributed by atoms with E-state index in [1.54, 1.807) is 23.6 Å². The van der Waals surface area contributed by atoms with E-state index < -0.39 is 38.3 Å². The SMILES string of the molecule is O=C(CN1c2ccc(F)cc2-c2ccccc2S1(=O)=O)Nc1ccc(S(=O)(=O)Nc2nccs2)cc1. The van der Waals surface area contributed by atoms with Crippen molar-refractivity contribution >= 4 is 53.8 Å². The van der Waals surface area contributed by atoms with Gasteiger partial charge >= 0.3 is 0 Å². The summed E-state index contributed by atoms with van der Waals surface area (Å²) >= 11 is 1.13. The summed E-state index contributed by atoms with van der Waals surface area (Å²) in [5, 5.41) is 4.42. The minimum Gasteiger partial charge on any atom is -0.325 e. The first-order valence-corrected chi connectivity index (χ1v) is 14.2. The van der Waals surface area contributed by atoms with Crippen molar-refractivity contribution < 1.29 is 26.0 Å². The van der Waals surface area contributed by atoms with Gasteiger partial charge in [0.05, 0.1) is 15.5 Å². The van der Waals surface area contributed by atoms with Crippen LogP contribution in [0.15, 0.2) is 88.1 Å². The number of amides is 1. The van der Waals surface area contributed by atoms with Crippen molar-refractivity contribution in [3.05, 3.63) is 84.1 Å². The zero-order chi connectivity index (χ0) is 25.5. The number of benzene rings is 3. The van der Waals surface area contributed by atoms with E-state index in [2.05, 4.69) is 15.0 Å². The van der Waals surface area contributed by atoms with Gasteiger partial charge in [-0.05, 0) is 48.5 Å². The molecule has 0 radical (unpaired) electrons. The molecule has 0 atom stereocenters. The molecule has 13 heteroatoms. The Bertz CT molecular complexity index is 1670. The molecule has 5 rings (SSSR count). The lowest BCUT2D eigenvalue weighted by atomic mass is 10.0. The molecule has 4 aromatic rings. The van der Waals surface area contributed by atoms with Crippen molar-refractivity contribution in [1.82, 2.24) is 4.98 Å². The monoisotopic (exact) mass is 544 g/mol. The molecule has 184 valence electrons. The summed E-state index contributed by atoms with van der Waals surface area (Å²) in [6.45, 7) is -0.568. The maximum atomic E-state index is 14.0. The van der Waals surface area contributed by atoms with E-state index in [1.807, 2.05) is 0 Å². The van der Waals surface area contributed by atoms with E-state index >= 15 is 0 Å². The molecule has 0 fully saturated rings. The Labute approximate surface area is 210 Å². The molecule has 0 unspecified atom stereocenters. The number of anilines is 3. The molecule has 9 nitrogen and oxygen atoms in total. The van der Waals surface area contributed by atoms with Gasteiger partial charge in [-0.2, -0.15) is 0 Å². The number of halogens is 1. The van der Waals surface area contributed by atoms with Gasteiger partial charge in [0.1, 0.15) is 12.4 Å². The van der Waals surface area contributed by atoms with Crippen molar-refractivity contribution in [3.63, 3.8) is 0 Å². The van der Waals surface area contributed by atoms with Crippen LogP contribution in [-0.2, 0) is 24.8 Å². The van der Waals surface area contributed by atoms with E-state index in [0.29, 0.717) is 11.1 Å². The van der Waals surface area contributed by atoms with Crippen molar-refractivity contribution in [1.29, 1.82) is 0 Å². The Morgan fingerprint density at radius 1 is 1.03 bits per heavy atom. The summed E-state index contributed by atoms with van der Waals surface area (Å²) in [5.41, 5.74) is 1.16. The Morgan fingerprint density at radius 2 is 1.78 bits per heavy atom. The number of nitrogens with zero attached hydrogens (tertiary/aromatic N) is 2. The lowest BCUT2D eigenvalue weighted by Crippen LogP contribution is -2.40. The molecule has 3 aromatic carbocycles. The lowest BCUT2D eigenvalue weighted by Gasteiger charge is -2.31. The molecular formula is C23H17FN4O5S3. The minimum atomic E-state index is -4.09. The van der Waals surface area contributed by atoms with Gasteiger partial charge in [-0.3, -0.25) is 13.8 Å². The molecule has 36 heavy (non-hydrogen) atoms. The molecule has 0 aliphatic carbocycles. The second-order valence-electron chi connectivity index (χ2n) is 7.68. The quantitative estimate of drug-likeness (QED) is 0.379. The van der Waals surface area contributed by atoms with Crippen LogP contribution < -0.4 is 14.3 Å². The first kappa shape index (κ1) is 23.9. The Hall–Kier alpha value is -3.81. The number of nitrogens with one attached hydrogen (secondary N) is 2. The fourth-order valence-corrected chi connectivity index (χ4v) is 7.21. The summed E-state index contributed by atoms with van der Waals surface area (Å²) in [4.78, 5) is 16.6. The standard InChI is InChI=1S/C23H17FN4O5S3/c24-15-5-10-20-19(13-15)18-3-1-2-4-21(18)36(32,33)28(20)14-22(29)26-16-6-8-17(9-7-16)35(30,31)27-23-25-11-12-34-23/h1-13H,14H2,(H,25,27)(H,26,29). The van der Waals surface area contributed by atoms with E-state index in [1.165, 1.54) is 48.7 Å². The molecule has 2 heterocycles. The van der Waals surface area contributed by atoms with Crippen LogP contribution in [0, 0.1) is 5.82 Å². The molecule has 0 spiro atoms. The van der Waals surface area contributed by atoms with Gasteiger partial charge in [0.2, 0.25) is 5.91 Å². The number of fused-ring (bicyclic) bond motifs is 3. The fourth-order valence-electron chi connectivity index (χ4n) is 3.77. The molecule has 2 N–H and O–H groups in total. The van der Waals surface area contributed by atoms with Crippen LogP contribution in [0.5, 0.6) is 0 Å². The van der Waals surface area contributed by atoms with Crippen LogP contribution in [0.3, 0.4) is 0 Å². The number of sulfonamides is 2. The normalized spacial score (nSPS) is 14.0. The molecule has 1 aliphatic rings. The molecule has 1 aliphatic heterocycles. The number of hydrogen-bond acceptors (Lipinski definition) is 7. The summed E-state index contributed by atoms with van der Waals surface area (Å²) in [6, 6.07) is 15.3. The van der Waals surface area contributed by atoms with Crippen LogP contribution >= 0.6 is 11.3 Å². The number of hydrogen-bond donors (Lipinski definition) is 2. The Balaban J connectivity index is 1.37. The first-order valence-electron chi connectivity index (χ1n) is 10.4. The largest absolute Gasteiger partial charge is 0.325 e. The van der Waals surface area contributed by atoms with Gasteiger partial charge < -0.3 is 5.32 Å². The van der Waals surface area contributed by atoms with E-state index in [0.717, 1.165) is 21.7 Å². The van der Waals surface area contributed by atoms with Crippen molar-refractivity contribution in [2.75, 3.05) is 20.9 Å². The zero-order valence-electron chi connectivity index (χ0n) is 18.3. The number of carbonyl (C=O) groups excluding carboxylic acids is 1. The summed E-state index contributed by atoms with van der Waals surface area (Å²) < 4.78 is 68.8. The highest BCUT2D eigenvalue weighted by molar-refractivity contribution is 7.93. The average molecular weight is 545 g/mol.